The predicted octanol–water partition coefficient (Wildman–Crippen LogP) is 1.49. The SMILES string of the molecule is COCC(CN)Oc1cccc(C)c1F. The summed E-state index contributed by atoms with van der Waals surface area (Å²) in [6, 6.07) is 5.02. The van der Waals surface area contributed by atoms with Crippen molar-refractivity contribution in [3.8, 4) is 5.75 Å². The number of rotatable bonds is 5. The molecule has 3 nitrogen and oxygen atoms in total. The first-order valence-corrected chi connectivity index (χ1v) is 4.79. The number of benzene rings is 1. The Kier molecular flexibility index (Phi) is 4.52. The van der Waals surface area contributed by atoms with Crippen LogP contribution in [0.1, 0.15) is 5.56 Å². The van der Waals surface area contributed by atoms with Crippen LogP contribution in [-0.2, 0) is 4.74 Å². The summed E-state index contributed by atoms with van der Waals surface area (Å²) < 4.78 is 23.8. The fourth-order valence-electron chi connectivity index (χ4n) is 1.23. The lowest BCUT2D eigenvalue weighted by atomic mass is 10.2. The Morgan fingerprint density at radius 2 is 2.20 bits per heavy atom. The zero-order chi connectivity index (χ0) is 11.3. The molecule has 0 aliphatic carbocycles. The Bertz CT molecular complexity index is 317. The molecule has 0 spiro atoms. The molecule has 0 aromatic heterocycles. The molecule has 0 saturated heterocycles. The van der Waals surface area contributed by atoms with Crippen LogP contribution in [0.3, 0.4) is 0 Å². The monoisotopic (exact) mass is 213 g/mol. The maximum atomic E-state index is 13.5. The molecule has 0 radical (unpaired) electrons. The molecule has 1 aromatic rings. The molecule has 4 heteroatoms. The summed E-state index contributed by atoms with van der Waals surface area (Å²) in [6.45, 7) is 2.33. The molecule has 0 fully saturated rings. The highest BCUT2D eigenvalue weighted by molar-refractivity contribution is 5.30. The standard InChI is InChI=1S/C11H16FNO2/c1-8-4-3-5-10(11(8)12)15-9(6-13)7-14-2/h3-5,9H,6-7,13H2,1-2H3. The molecule has 1 rings (SSSR count). The van der Waals surface area contributed by atoms with Crippen LogP contribution in [0, 0.1) is 12.7 Å². The second-order valence-electron chi connectivity index (χ2n) is 3.32. The molecule has 1 atom stereocenters. The largest absolute Gasteiger partial charge is 0.484 e. The third-order valence-corrected chi connectivity index (χ3v) is 2.07. The van der Waals surface area contributed by atoms with Crippen LogP contribution < -0.4 is 10.5 Å². The molecule has 0 bridgehead atoms. The van der Waals surface area contributed by atoms with E-state index in [0.29, 0.717) is 18.7 Å². The van der Waals surface area contributed by atoms with E-state index < -0.39 is 0 Å². The molecular weight excluding hydrogens is 197 g/mol. The van der Waals surface area contributed by atoms with E-state index in [1.807, 2.05) is 0 Å². The van der Waals surface area contributed by atoms with Crippen LogP contribution in [-0.4, -0.2) is 26.4 Å². The Labute approximate surface area is 89.0 Å². The lowest BCUT2D eigenvalue weighted by Gasteiger charge is -2.17. The predicted molar refractivity (Wildman–Crippen MR) is 56.5 cm³/mol. The lowest BCUT2D eigenvalue weighted by molar-refractivity contribution is 0.0832. The fraction of sp³-hybridized carbons (Fsp3) is 0.455. The summed E-state index contributed by atoms with van der Waals surface area (Å²) >= 11 is 0. The van der Waals surface area contributed by atoms with Gasteiger partial charge in [-0.1, -0.05) is 12.1 Å². The van der Waals surface area contributed by atoms with Gasteiger partial charge in [0.05, 0.1) is 6.61 Å². The summed E-state index contributed by atoms with van der Waals surface area (Å²) in [7, 11) is 1.55. The van der Waals surface area contributed by atoms with Gasteiger partial charge in [-0.05, 0) is 18.6 Å². The Balaban J connectivity index is 2.74. The fourth-order valence-corrected chi connectivity index (χ4v) is 1.23. The van der Waals surface area contributed by atoms with Gasteiger partial charge in [0.2, 0.25) is 0 Å². The summed E-state index contributed by atoms with van der Waals surface area (Å²) in [5, 5.41) is 0. The Morgan fingerprint density at radius 1 is 1.47 bits per heavy atom. The van der Waals surface area contributed by atoms with Crippen molar-refractivity contribution in [2.45, 2.75) is 13.0 Å². The highest BCUT2D eigenvalue weighted by Gasteiger charge is 2.12. The normalized spacial score (nSPS) is 12.5. The van der Waals surface area contributed by atoms with E-state index in [9.17, 15) is 4.39 Å². The molecule has 0 heterocycles. The van der Waals surface area contributed by atoms with Crippen LogP contribution in [0.2, 0.25) is 0 Å². The average Bonchev–Trinajstić information content (AvgIpc) is 2.24. The van der Waals surface area contributed by atoms with Gasteiger partial charge in [-0.15, -0.1) is 0 Å². The van der Waals surface area contributed by atoms with Crippen molar-refractivity contribution in [1.29, 1.82) is 0 Å². The highest BCUT2D eigenvalue weighted by atomic mass is 19.1. The summed E-state index contributed by atoms with van der Waals surface area (Å²) in [5.74, 6) is -0.116. The molecule has 1 aromatic carbocycles. The van der Waals surface area contributed by atoms with E-state index in [4.69, 9.17) is 15.2 Å². The van der Waals surface area contributed by atoms with Crippen LogP contribution in [0.4, 0.5) is 4.39 Å². The Morgan fingerprint density at radius 3 is 2.80 bits per heavy atom. The quantitative estimate of drug-likeness (QED) is 0.805. The maximum Gasteiger partial charge on any atom is 0.167 e. The van der Waals surface area contributed by atoms with Gasteiger partial charge in [0.1, 0.15) is 6.10 Å². The number of hydrogen-bond donors (Lipinski definition) is 1. The van der Waals surface area contributed by atoms with E-state index in [0.717, 1.165) is 0 Å². The van der Waals surface area contributed by atoms with Crippen molar-refractivity contribution in [3.63, 3.8) is 0 Å². The molecule has 0 saturated carbocycles. The molecule has 0 aliphatic rings. The van der Waals surface area contributed by atoms with Gasteiger partial charge >= 0.3 is 0 Å². The minimum Gasteiger partial charge on any atom is -0.484 e. The van der Waals surface area contributed by atoms with E-state index in [-0.39, 0.29) is 17.7 Å². The first kappa shape index (κ1) is 11.9. The third kappa shape index (κ3) is 3.18. The van der Waals surface area contributed by atoms with E-state index in [2.05, 4.69) is 0 Å². The number of nitrogens with two attached hydrogens (primary N) is 1. The van der Waals surface area contributed by atoms with E-state index >= 15 is 0 Å². The zero-order valence-corrected chi connectivity index (χ0v) is 9.00. The first-order valence-electron chi connectivity index (χ1n) is 4.79. The topological polar surface area (TPSA) is 44.5 Å². The number of methoxy groups -OCH3 is 1. The van der Waals surface area contributed by atoms with Crippen LogP contribution in [0.25, 0.3) is 0 Å². The van der Waals surface area contributed by atoms with Crippen molar-refractivity contribution in [2.24, 2.45) is 5.73 Å². The van der Waals surface area contributed by atoms with Crippen LogP contribution in [0.5, 0.6) is 5.75 Å². The summed E-state index contributed by atoms with van der Waals surface area (Å²) in [6.07, 6.45) is -0.314. The van der Waals surface area contributed by atoms with Crippen molar-refractivity contribution in [3.05, 3.63) is 29.6 Å². The minimum absolute atomic E-state index is 0.225. The van der Waals surface area contributed by atoms with Gasteiger partial charge in [-0.3, -0.25) is 0 Å². The minimum atomic E-state index is -0.341. The number of hydrogen-bond acceptors (Lipinski definition) is 3. The van der Waals surface area contributed by atoms with Gasteiger partial charge in [0.25, 0.3) is 0 Å². The highest BCUT2D eigenvalue weighted by Crippen LogP contribution is 2.20. The maximum absolute atomic E-state index is 13.5. The molecule has 0 aliphatic heterocycles. The number of halogens is 1. The molecular formula is C11H16FNO2. The van der Waals surface area contributed by atoms with Crippen molar-refractivity contribution in [2.75, 3.05) is 20.3 Å². The van der Waals surface area contributed by atoms with Gasteiger partial charge in [0.15, 0.2) is 11.6 Å². The molecule has 1 unspecified atom stereocenters. The van der Waals surface area contributed by atoms with Gasteiger partial charge in [-0.25, -0.2) is 4.39 Å². The third-order valence-electron chi connectivity index (χ3n) is 2.07. The smallest absolute Gasteiger partial charge is 0.167 e. The van der Waals surface area contributed by atoms with Crippen molar-refractivity contribution >= 4 is 0 Å². The van der Waals surface area contributed by atoms with Crippen molar-refractivity contribution in [1.82, 2.24) is 0 Å². The van der Waals surface area contributed by atoms with Crippen LogP contribution >= 0.6 is 0 Å². The number of aryl methyl sites for hydroxylation is 1. The second kappa shape index (κ2) is 5.68. The second-order valence-corrected chi connectivity index (χ2v) is 3.32. The Hall–Kier alpha value is -1.13. The van der Waals surface area contributed by atoms with Gasteiger partial charge in [-0.2, -0.15) is 0 Å². The summed E-state index contributed by atoms with van der Waals surface area (Å²) in [4.78, 5) is 0. The van der Waals surface area contributed by atoms with E-state index in [1.54, 1.807) is 32.2 Å². The average molecular weight is 213 g/mol. The van der Waals surface area contributed by atoms with Gasteiger partial charge < -0.3 is 15.2 Å². The van der Waals surface area contributed by atoms with Crippen LogP contribution in [0.15, 0.2) is 18.2 Å². The van der Waals surface area contributed by atoms with Gasteiger partial charge in [0, 0.05) is 13.7 Å². The molecule has 2 N–H and O–H groups in total. The molecule has 15 heavy (non-hydrogen) atoms. The zero-order valence-electron chi connectivity index (χ0n) is 9.00. The first-order chi connectivity index (χ1) is 7.19. The summed E-state index contributed by atoms with van der Waals surface area (Å²) in [5.41, 5.74) is 6.02. The lowest BCUT2D eigenvalue weighted by Crippen LogP contribution is -2.31. The molecule has 84 valence electrons. The molecule has 0 amide bonds. The van der Waals surface area contributed by atoms with Crippen molar-refractivity contribution < 1.29 is 13.9 Å². The van der Waals surface area contributed by atoms with E-state index in [1.165, 1.54) is 0 Å². The number of ether oxygens (including phenoxy) is 2.